The maximum Gasteiger partial charge on any atom is 0.107 e. The van der Waals surface area contributed by atoms with Gasteiger partial charge in [0.1, 0.15) is 6.61 Å². The molecule has 0 aromatic rings. The van der Waals surface area contributed by atoms with Crippen molar-refractivity contribution < 1.29 is 9.84 Å². The lowest BCUT2D eigenvalue weighted by molar-refractivity contribution is -0.0472. The highest BCUT2D eigenvalue weighted by Gasteiger charge is 2.22. The lowest BCUT2D eigenvalue weighted by Crippen LogP contribution is -2.32. The van der Waals surface area contributed by atoms with Crippen LogP contribution in [0.3, 0.4) is 0 Å². The van der Waals surface area contributed by atoms with Gasteiger partial charge in [-0.1, -0.05) is 18.8 Å². The molecule has 2 atom stereocenters. The molecule has 62 valence electrons. The molecule has 2 heteroatoms. The van der Waals surface area contributed by atoms with Crippen molar-refractivity contribution in [2.75, 3.05) is 6.61 Å². The average Bonchev–Trinajstić information content (AvgIpc) is 2.03. The fourth-order valence-electron chi connectivity index (χ4n) is 1.43. The summed E-state index contributed by atoms with van der Waals surface area (Å²) in [6.07, 6.45) is 8.78. The molecule has 1 N–H and O–H groups in total. The fraction of sp³-hybridized carbons (Fsp3) is 0.778. The first kappa shape index (κ1) is 8.58. The van der Waals surface area contributed by atoms with Crippen molar-refractivity contribution in [3.8, 4) is 12.3 Å². The number of aliphatic hydroxyl groups excluding tert-OH is 1. The van der Waals surface area contributed by atoms with Crippen LogP contribution in [0.1, 0.15) is 25.7 Å². The summed E-state index contributed by atoms with van der Waals surface area (Å²) in [7, 11) is 0. The van der Waals surface area contributed by atoms with Gasteiger partial charge in [0.25, 0.3) is 0 Å². The summed E-state index contributed by atoms with van der Waals surface area (Å²) in [4.78, 5) is 0. The van der Waals surface area contributed by atoms with E-state index in [1.807, 2.05) is 0 Å². The summed E-state index contributed by atoms with van der Waals surface area (Å²) in [5, 5.41) is 9.40. The molecule has 1 saturated carbocycles. The van der Waals surface area contributed by atoms with Crippen LogP contribution >= 0.6 is 0 Å². The van der Waals surface area contributed by atoms with E-state index in [0.717, 1.165) is 25.7 Å². The summed E-state index contributed by atoms with van der Waals surface area (Å²) in [6, 6.07) is 0. The summed E-state index contributed by atoms with van der Waals surface area (Å²) in [5.41, 5.74) is 0. The smallest absolute Gasteiger partial charge is 0.107 e. The van der Waals surface area contributed by atoms with Crippen LogP contribution in [-0.2, 0) is 4.74 Å². The molecule has 2 unspecified atom stereocenters. The zero-order valence-electron chi connectivity index (χ0n) is 6.62. The Morgan fingerprint density at radius 3 is 2.82 bits per heavy atom. The van der Waals surface area contributed by atoms with Crippen LogP contribution in [0.25, 0.3) is 0 Å². The number of rotatable bonds is 2. The molecule has 0 amide bonds. The van der Waals surface area contributed by atoms with Crippen molar-refractivity contribution in [3.05, 3.63) is 0 Å². The van der Waals surface area contributed by atoms with Gasteiger partial charge in [0, 0.05) is 0 Å². The maximum absolute atomic E-state index is 9.40. The Morgan fingerprint density at radius 1 is 1.45 bits per heavy atom. The molecule has 0 aliphatic heterocycles. The first-order chi connectivity index (χ1) is 5.34. The second-order valence-electron chi connectivity index (χ2n) is 2.91. The number of hydrogen-bond acceptors (Lipinski definition) is 2. The third kappa shape index (κ3) is 2.53. The second-order valence-corrected chi connectivity index (χ2v) is 2.91. The molecule has 0 heterocycles. The first-order valence-electron chi connectivity index (χ1n) is 4.07. The van der Waals surface area contributed by atoms with Crippen LogP contribution in [0.15, 0.2) is 0 Å². The van der Waals surface area contributed by atoms with E-state index in [4.69, 9.17) is 11.2 Å². The lowest BCUT2D eigenvalue weighted by atomic mass is 9.95. The van der Waals surface area contributed by atoms with E-state index < -0.39 is 0 Å². The average molecular weight is 154 g/mol. The molecule has 0 saturated heterocycles. The molecular formula is C9H14O2. The maximum atomic E-state index is 9.40. The van der Waals surface area contributed by atoms with Crippen molar-refractivity contribution in [1.29, 1.82) is 0 Å². The molecule has 2 nitrogen and oxygen atoms in total. The van der Waals surface area contributed by atoms with Crippen molar-refractivity contribution in [2.24, 2.45) is 0 Å². The Hall–Kier alpha value is -0.520. The third-order valence-corrected chi connectivity index (χ3v) is 2.05. The molecule has 0 bridgehead atoms. The Labute approximate surface area is 67.6 Å². The van der Waals surface area contributed by atoms with Gasteiger partial charge >= 0.3 is 0 Å². The Kier molecular flexibility index (Phi) is 3.41. The molecule has 1 aliphatic rings. The van der Waals surface area contributed by atoms with Crippen molar-refractivity contribution in [2.45, 2.75) is 37.9 Å². The molecule has 1 aliphatic carbocycles. The molecule has 0 spiro atoms. The van der Waals surface area contributed by atoms with Crippen LogP contribution in [0.5, 0.6) is 0 Å². The molecule has 1 rings (SSSR count). The van der Waals surface area contributed by atoms with Gasteiger partial charge in [-0.15, -0.1) is 6.42 Å². The zero-order valence-corrected chi connectivity index (χ0v) is 6.62. The van der Waals surface area contributed by atoms with Crippen molar-refractivity contribution >= 4 is 0 Å². The quantitative estimate of drug-likeness (QED) is 0.600. The fourth-order valence-corrected chi connectivity index (χ4v) is 1.43. The number of aliphatic hydroxyl groups is 1. The van der Waals surface area contributed by atoms with Gasteiger partial charge in [0.2, 0.25) is 0 Å². The largest absolute Gasteiger partial charge is 0.390 e. The SMILES string of the molecule is C#CCOC1CCCCC1O. The summed E-state index contributed by atoms with van der Waals surface area (Å²) in [6.45, 7) is 0.321. The van der Waals surface area contributed by atoms with E-state index in [-0.39, 0.29) is 12.2 Å². The normalized spacial score (nSPS) is 31.3. The standard InChI is InChI=1S/C9H14O2/c1-2-7-11-9-6-4-3-5-8(9)10/h1,8-10H,3-7H2. The minimum absolute atomic E-state index is 0.0141. The second kappa shape index (κ2) is 4.38. The highest BCUT2D eigenvalue weighted by molar-refractivity contribution is 4.85. The molecule has 1 fully saturated rings. The van der Waals surface area contributed by atoms with Gasteiger partial charge in [0.05, 0.1) is 12.2 Å². The highest BCUT2D eigenvalue weighted by atomic mass is 16.5. The van der Waals surface area contributed by atoms with E-state index in [0.29, 0.717) is 6.61 Å². The monoisotopic (exact) mass is 154 g/mol. The summed E-state index contributed by atoms with van der Waals surface area (Å²) in [5.74, 6) is 2.40. The zero-order chi connectivity index (χ0) is 8.10. The van der Waals surface area contributed by atoms with Crippen LogP contribution in [-0.4, -0.2) is 23.9 Å². The first-order valence-corrected chi connectivity index (χ1v) is 4.07. The molecule has 0 aromatic carbocycles. The highest BCUT2D eigenvalue weighted by Crippen LogP contribution is 2.20. The Balaban J connectivity index is 2.25. The van der Waals surface area contributed by atoms with E-state index in [9.17, 15) is 5.11 Å². The predicted octanol–water partition coefficient (Wildman–Crippen LogP) is 0.940. The van der Waals surface area contributed by atoms with Crippen LogP contribution in [0.2, 0.25) is 0 Å². The minimum Gasteiger partial charge on any atom is -0.390 e. The summed E-state index contributed by atoms with van der Waals surface area (Å²) >= 11 is 0. The van der Waals surface area contributed by atoms with Gasteiger partial charge in [-0.05, 0) is 12.8 Å². The molecule has 0 aromatic heterocycles. The van der Waals surface area contributed by atoms with Gasteiger partial charge in [0.15, 0.2) is 0 Å². The number of terminal acetylenes is 1. The predicted molar refractivity (Wildman–Crippen MR) is 43.0 cm³/mol. The van der Waals surface area contributed by atoms with Gasteiger partial charge < -0.3 is 9.84 Å². The van der Waals surface area contributed by atoms with Crippen molar-refractivity contribution in [3.63, 3.8) is 0 Å². The Bertz CT molecular complexity index is 148. The molecular weight excluding hydrogens is 140 g/mol. The van der Waals surface area contributed by atoms with Crippen LogP contribution in [0.4, 0.5) is 0 Å². The van der Waals surface area contributed by atoms with E-state index in [1.165, 1.54) is 0 Å². The van der Waals surface area contributed by atoms with Gasteiger partial charge in [-0.3, -0.25) is 0 Å². The van der Waals surface area contributed by atoms with Crippen LogP contribution in [0, 0.1) is 12.3 Å². The van der Waals surface area contributed by atoms with E-state index in [2.05, 4.69) is 5.92 Å². The van der Waals surface area contributed by atoms with E-state index in [1.54, 1.807) is 0 Å². The van der Waals surface area contributed by atoms with Gasteiger partial charge in [-0.25, -0.2) is 0 Å². The van der Waals surface area contributed by atoms with Crippen LogP contribution < -0.4 is 0 Å². The van der Waals surface area contributed by atoms with E-state index >= 15 is 0 Å². The molecule has 0 radical (unpaired) electrons. The number of hydrogen-bond donors (Lipinski definition) is 1. The third-order valence-electron chi connectivity index (χ3n) is 2.05. The van der Waals surface area contributed by atoms with Gasteiger partial charge in [-0.2, -0.15) is 0 Å². The minimum atomic E-state index is -0.294. The summed E-state index contributed by atoms with van der Waals surface area (Å²) < 4.78 is 5.26. The number of ether oxygens (including phenoxy) is 1. The Morgan fingerprint density at radius 2 is 2.18 bits per heavy atom. The topological polar surface area (TPSA) is 29.5 Å². The lowest BCUT2D eigenvalue weighted by Gasteiger charge is -2.26. The van der Waals surface area contributed by atoms with Crippen molar-refractivity contribution in [1.82, 2.24) is 0 Å². The molecule has 11 heavy (non-hydrogen) atoms.